The van der Waals surface area contributed by atoms with Crippen molar-refractivity contribution in [2.75, 3.05) is 13.2 Å². The Morgan fingerprint density at radius 1 is 0.311 bits per heavy atom. The Bertz CT molecular complexity index is 1670. The third-order valence-corrected chi connectivity index (χ3v) is 12.0. The van der Waals surface area contributed by atoms with Crippen molar-refractivity contribution in [1.29, 1.82) is 0 Å². The molecular formula is C69H108O5. The second-order valence-corrected chi connectivity index (χ2v) is 19.0. The first-order valence-corrected chi connectivity index (χ1v) is 29.7. The van der Waals surface area contributed by atoms with Gasteiger partial charge in [-0.15, -0.1) is 0 Å². The molecule has 0 aliphatic heterocycles. The van der Waals surface area contributed by atoms with Gasteiger partial charge in [0.25, 0.3) is 0 Å². The van der Waals surface area contributed by atoms with E-state index >= 15 is 0 Å². The van der Waals surface area contributed by atoms with Crippen molar-refractivity contribution in [3.63, 3.8) is 0 Å². The average Bonchev–Trinajstić information content (AvgIpc) is 3.40. The van der Waals surface area contributed by atoms with Crippen LogP contribution in [-0.2, 0) is 19.1 Å². The summed E-state index contributed by atoms with van der Waals surface area (Å²) < 4.78 is 10.7. The van der Waals surface area contributed by atoms with E-state index in [0.29, 0.717) is 12.8 Å². The molecule has 1 unspecified atom stereocenters. The van der Waals surface area contributed by atoms with Gasteiger partial charge in [0.15, 0.2) is 6.10 Å². The summed E-state index contributed by atoms with van der Waals surface area (Å²) in [5.41, 5.74) is 0. The molecule has 74 heavy (non-hydrogen) atoms. The van der Waals surface area contributed by atoms with Gasteiger partial charge in [-0.05, 0) is 128 Å². The molecule has 414 valence electrons. The Morgan fingerprint density at radius 2 is 0.541 bits per heavy atom. The topological polar surface area (TPSA) is 72.8 Å². The van der Waals surface area contributed by atoms with Crippen molar-refractivity contribution in [2.24, 2.45) is 0 Å². The summed E-state index contributed by atoms with van der Waals surface area (Å²) in [6.07, 6.45) is 97.5. The molecule has 0 aromatic carbocycles. The number of rotatable bonds is 52. The first-order valence-electron chi connectivity index (χ1n) is 29.7. The molecule has 0 heterocycles. The van der Waals surface area contributed by atoms with Crippen molar-refractivity contribution < 1.29 is 24.2 Å². The Balaban J connectivity index is 3.63. The lowest BCUT2D eigenvalue weighted by Gasteiger charge is -2.15. The minimum Gasteiger partial charge on any atom is -0.462 e. The van der Waals surface area contributed by atoms with Crippen LogP contribution in [0, 0.1) is 0 Å². The highest BCUT2D eigenvalue weighted by Crippen LogP contribution is 2.14. The fourth-order valence-electron chi connectivity index (χ4n) is 7.63. The van der Waals surface area contributed by atoms with Crippen LogP contribution in [0.3, 0.4) is 0 Å². The second kappa shape index (κ2) is 62.6. The van der Waals surface area contributed by atoms with Crippen LogP contribution in [0.2, 0.25) is 0 Å². The maximum Gasteiger partial charge on any atom is 0.306 e. The zero-order valence-corrected chi connectivity index (χ0v) is 47.3. The fraction of sp³-hybridized carbons (Fsp3) is 0.565. The number of carbonyl (C=O) groups excluding carboxylic acids is 2. The third-order valence-electron chi connectivity index (χ3n) is 12.0. The fourth-order valence-corrected chi connectivity index (χ4v) is 7.63. The molecule has 0 aliphatic rings. The summed E-state index contributed by atoms with van der Waals surface area (Å²) in [5.74, 6) is -0.623. The molecule has 0 saturated carbocycles. The van der Waals surface area contributed by atoms with E-state index in [2.05, 4.69) is 184 Å². The van der Waals surface area contributed by atoms with E-state index in [-0.39, 0.29) is 25.2 Å². The van der Waals surface area contributed by atoms with Gasteiger partial charge < -0.3 is 14.6 Å². The van der Waals surface area contributed by atoms with Crippen molar-refractivity contribution in [3.05, 3.63) is 170 Å². The van der Waals surface area contributed by atoms with Gasteiger partial charge in [-0.1, -0.05) is 261 Å². The monoisotopic (exact) mass is 1020 g/mol. The van der Waals surface area contributed by atoms with E-state index < -0.39 is 6.10 Å². The molecule has 0 aromatic heterocycles. The minimum atomic E-state index is -0.796. The van der Waals surface area contributed by atoms with Gasteiger partial charge in [-0.3, -0.25) is 9.59 Å². The molecule has 5 nitrogen and oxygen atoms in total. The second-order valence-electron chi connectivity index (χ2n) is 19.0. The van der Waals surface area contributed by atoms with Gasteiger partial charge in [-0.2, -0.15) is 0 Å². The molecule has 0 aromatic rings. The number of ether oxygens (including phenoxy) is 2. The Morgan fingerprint density at radius 3 is 0.811 bits per heavy atom. The molecule has 0 aliphatic carbocycles. The van der Waals surface area contributed by atoms with E-state index in [0.717, 1.165) is 141 Å². The van der Waals surface area contributed by atoms with Gasteiger partial charge in [0.05, 0.1) is 6.61 Å². The van der Waals surface area contributed by atoms with Crippen LogP contribution >= 0.6 is 0 Å². The van der Waals surface area contributed by atoms with E-state index in [1.807, 2.05) is 0 Å². The molecular weight excluding hydrogens is 909 g/mol. The van der Waals surface area contributed by atoms with E-state index in [9.17, 15) is 14.7 Å². The first kappa shape index (κ1) is 69.3. The van der Waals surface area contributed by atoms with Crippen LogP contribution in [0.25, 0.3) is 0 Å². The van der Waals surface area contributed by atoms with E-state index in [1.165, 1.54) is 64.2 Å². The molecule has 5 heteroatoms. The zero-order chi connectivity index (χ0) is 53.4. The summed E-state index contributed by atoms with van der Waals surface area (Å²) in [7, 11) is 0. The number of hydrogen-bond acceptors (Lipinski definition) is 5. The van der Waals surface area contributed by atoms with Gasteiger partial charge in [0.1, 0.15) is 6.61 Å². The maximum atomic E-state index is 12.3. The number of hydrogen-bond donors (Lipinski definition) is 1. The molecule has 1 atom stereocenters. The summed E-state index contributed by atoms with van der Waals surface area (Å²) in [6, 6.07) is 0. The van der Waals surface area contributed by atoms with Crippen LogP contribution < -0.4 is 0 Å². The average molecular weight is 1020 g/mol. The van der Waals surface area contributed by atoms with Gasteiger partial charge >= 0.3 is 11.9 Å². The predicted octanol–water partition coefficient (Wildman–Crippen LogP) is 20.5. The van der Waals surface area contributed by atoms with E-state index in [4.69, 9.17) is 9.47 Å². The molecule has 0 saturated heterocycles. The summed E-state index contributed by atoms with van der Waals surface area (Å²) in [6.45, 7) is 3.89. The number of carbonyl (C=O) groups is 2. The molecule has 0 amide bonds. The normalized spacial score (nSPS) is 13.5. The van der Waals surface area contributed by atoms with Gasteiger partial charge in [0, 0.05) is 12.8 Å². The van der Waals surface area contributed by atoms with Crippen LogP contribution in [0.4, 0.5) is 0 Å². The Hall–Kier alpha value is -4.74. The van der Waals surface area contributed by atoms with Crippen LogP contribution in [-0.4, -0.2) is 36.4 Å². The van der Waals surface area contributed by atoms with E-state index in [1.54, 1.807) is 0 Å². The molecule has 1 N–H and O–H groups in total. The highest BCUT2D eigenvalue weighted by molar-refractivity contribution is 5.70. The van der Waals surface area contributed by atoms with Crippen LogP contribution in [0.15, 0.2) is 170 Å². The molecule has 0 fully saturated rings. The Kier molecular flexibility index (Phi) is 58.5. The number of esters is 2. The lowest BCUT2D eigenvalue weighted by molar-refractivity contribution is -0.161. The lowest BCUT2D eigenvalue weighted by Crippen LogP contribution is -2.28. The SMILES string of the molecule is CC/C=C\C/C=C\C/C=C\C/C=C\C/C=C\C/C=C\C/C=C\C/C=C\C/C=C\C/C=C\CCCCCCCCC(=O)OC(CO)COC(=O)CCCCCCCCCCCC/C=C\C/C=C\C/C=C\C/C=C\CC. The number of unbranched alkanes of at least 4 members (excludes halogenated alkanes) is 16. The highest BCUT2D eigenvalue weighted by atomic mass is 16.6. The summed E-state index contributed by atoms with van der Waals surface area (Å²) >= 11 is 0. The maximum absolute atomic E-state index is 12.3. The van der Waals surface area contributed by atoms with Crippen LogP contribution in [0.5, 0.6) is 0 Å². The number of aliphatic hydroxyl groups excluding tert-OH is 1. The molecule has 0 spiro atoms. The highest BCUT2D eigenvalue weighted by Gasteiger charge is 2.16. The Labute approximate surface area is 455 Å². The zero-order valence-electron chi connectivity index (χ0n) is 47.3. The third kappa shape index (κ3) is 59.8. The number of aliphatic hydroxyl groups is 1. The van der Waals surface area contributed by atoms with Crippen molar-refractivity contribution in [2.45, 2.75) is 238 Å². The van der Waals surface area contributed by atoms with Crippen molar-refractivity contribution in [3.8, 4) is 0 Å². The predicted molar refractivity (Wildman–Crippen MR) is 324 cm³/mol. The summed E-state index contributed by atoms with van der Waals surface area (Å²) in [5, 5.41) is 9.66. The first-order chi connectivity index (χ1) is 36.6. The molecule has 0 radical (unpaired) electrons. The van der Waals surface area contributed by atoms with Crippen molar-refractivity contribution >= 4 is 11.9 Å². The van der Waals surface area contributed by atoms with Gasteiger partial charge in [0.2, 0.25) is 0 Å². The lowest BCUT2D eigenvalue weighted by atomic mass is 10.1. The van der Waals surface area contributed by atoms with Crippen LogP contribution in [0.1, 0.15) is 232 Å². The standard InChI is InChI=1S/C69H108O5/c1-3-5-7-9-11-13-15-17-19-21-23-25-27-28-29-30-31-32-33-34-35-36-37-38-39-40-42-44-46-48-50-52-54-56-58-60-62-64-69(72)74-67(65-70)66-73-68(71)63-61-59-57-55-53-51-49-47-45-43-41-26-24-22-20-18-16-14-12-10-8-6-4-2/h5-8,11-14,17-20,23-26,28-29,31-32,34-35,37-38,40,42,46,48,67,70H,3-4,9-10,15-16,21-22,27,30,33,36,39,41,43-45,47,49-66H2,1-2H3/b7-5-,8-6-,13-11-,14-12-,19-17-,20-18-,25-23-,26-24-,29-28-,32-31-,35-34-,38-37-,42-40-,48-46-. The molecule has 0 rings (SSSR count). The van der Waals surface area contributed by atoms with Gasteiger partial charge in [-0.25, -0.2) is 0 Å². The van der Waals surface area contributed by atoms with Crippen molar-refractivity contribution in [1.82, 2.24) is 0 Å². The quantitative estimate of drug-likeness (QED) is 0.0373. The minimum absolute atomic E-state index is 0.0850. The smallest absolute Gasteiger partial charge is 0.306 e. The summed E-state index contributed by atoms with van der Waals surface area (Å²) in [4.78, 5) is 24.6. The largest absolute Gasteiger partial charge is 0.462 e. The number of allylic oxidation sites excluding steroid dienone is 28. The molecule has 0 bridgehead atoms.